The average Bonchev–Trinajstić information content (AvgIpc) is 3.30. The number of halogens is 3. The minimum atomic E-state index is -1.30. The third kappa shape index (κ3) is 3.53. The summed E-state index contributed by atoms with van der Waals surface area (Å²) in [5.41, 5.74) is 0.245. The van der Waals surface area contributed by atoms with Crippen LogP contribution in [0.1, 0.15) is 31.2 Å². The van der Waals surface area contributed by atoms with Crippen LogP contribution in [-0.2, 0) is 19.2 Å². The Bertz CT molecular complexity index is 1530. The summed E-state index contributed by atoms with van der Waals surface area (Å²) in [6.07, 6.45) is 2.42. The van der Waals surface area contributed by atoms with Crippen LogP contribution in [0.3, 0.4) is 0 Å². The predicted octanol–water partition coefficient (Wildman–Crippen LogP) is 4.47. The van der Waals surface area contributed by atoms with E-state index in [1.807, 2.05) is 6.08 Å². The number of nitrogens with zero attached hydrogens (tertiary/aromatic N) is 1. The zero-order valence-electron chi connectivity index (χ0n) is 20.8. The molecule has 2 aliphatic heterocycles. The Labute approximate surface area is 236 Å². The molecular weight excluding hydrogens is 595 g/mol. The monoisotopic (exact) mass is 616 g/mol. The molecular formula is C28H23BrClFN2O6. The number of aromatic hydroxyl groups is 1. The fraction of sp³-hybridized carbons (Fsp3) is 0.357. The molecule has 2 N–H and O–H groups in total. The summed E-state index contributed by atoms with van der Waals surface area (Å²) in [6.45, 7) is 1.73. The van der Waals surface area contributed by atoms with Gasteiger partial charge in [-0.2, -0.15) is 0 Å². The maximum atomic E-state index is 14.3. The molecule has 0 radical (unpaired) electrons. The first-order valence-electron chi connectivity index (χ1n) is 12.4. The Morgan fingerprint density at radius 1 is 1.15 bits per heavy atom. The highest BCUT2D eigenvalue weighted by atomic mass is 79.9. The lowest BCUT2D eigenvalue weighted by atomic mass is 9.51. The summed E-state index contributed by atoms with van der Waals surface area (Å²) in [5, 5.41) is 12.7. The van der Waals surface area contributed by atoms with Crippen LogP contribution in [0.25, 0.3) is 0 Å². The first-order chi connectivity index (χ1) is 18.5. The summed E-state index contributed by atoms with van der Waals surface area (Å²) < 4.78 is 19.7. The number of allylic oxidation sites excluding steroid dienone is 2. The topological polar surface area (TPSA) is 113 Å². The van der Waals surface area contributed by atoms with E-state index in [1.165, 1.54) is 19.2 Å². The summed E-state index contributed by atoms with van der Waals surface area (Å²) in [4.78, 5) is 54.8. The van der Waals surface area contributed by atoms with E-state index in [0.717, 1.165) is 16.5 Å². The van der Waals surface area contributed by atoms with Gasteiger partial charge in [0, 0.05) is 5.92 Å². The second-order valence-electron chi connectivity index (χ2n) is 10.7. The van der Waals surface area contributed by atoms with Gasteiger partial charge in [0.2, 0.25) is 23.6 Å². The Kier molecular flexibility index (Phi) is 5.93. The number of amides is 4. The van der Waals surface area contributed by atoms with Crippen molar-refractivity contribution < 1.29 is 33.4 Å². The van der Waals surface area contributed by atoms with Gasteiger partial charge < -0.3 is 9.84 Å². The van der Waals surface area contributed by atoms with Gasteiger partial charge >= 0.3 is 0 Å². The molecule has 0 bridgehead atoms. The summed E-state index contributed by atoms with van der Waals surface area (Å²) in [5.74, 6) is -5.52. The molecule has 11 heteroatoms. The standard InChI is InChI=1S/C28H23BrClFN2O6/c1-28-16(26(37)33(27(28)38)12-3-6-19(31)18(30)9-12)10-15-13(4-5-14-21(15)25(36)32-24(14)35)22(28)11-7-17(29)23(34)20(8-11)39-2/h3-4,6-9,14-16,21-22,34H,5,10H2,1-2H3,(H,32,35,36). The number of hydrogen-bond donors (Lipinski definition) is 2. The third-order valence-electron chi connectivity index (χ3n) is 8.88. The van der Waals surface area contributed by atoms with Crippen LogP contribution in [0, 0.1) is 34.9 Å². The van der Waals surface area contributed by atoms with Crippen molar-refractivity contribution >= 4 is 56.8 Å². The zero-order valence-corrected chi connectivity index (χ0v) is 23.2. The smallest absolute Gasteiger partial charge is 0.241 e. The van der Waals surface area contributed by atoms with Crippen molar-refractivity contribution in [3.05, 3.63) is 62.9 Å². The normalized spacial score (nSPS) is 31.5. The fourth-order valence-corrected chi connectivity index (χ4v) is 7.73. The van der Waals surface area contributed by atoms with Gasteiger partial charge in [0.05, 0.1) is 45.5 Å². The molecule has 39 heavy (non-hydrogen) atoms. The van der Waals surface area contributed by atoms with Gasteiger partial charge in [-0.05, 0) is 77.5 Å². The molecule has 2 heterocycles. The van der Waals surface area contributed by atoms with E-state index in [-0.39, 0.29) is 40.4 Å². The van der Waals surface area contributed by atoms with Gasteiger partial charge in [-0.15, -0.1) is 0 Å². The molecule has 8 nitrogen and oxygen atoms in total. The molecule has 0 aromatic heterocycles. The molecule has 4 aliphatic rings. The first-order valence-corrected chi connectivity index (χ1v) is 13.6. The highest BCUT2D eigenvalue weighted by Crippen LogP contribution is 2.63. The van der Waals surface area contributed by atoms with E-state index in [1.54, 1.807) is 19.1 Å². The molecule has 4 amide bonds. The van der Waals surface area contributed by atoms with Crippen LogP contribution < -0.4 is 15.0 Å². The lowest BCUT2D eigenvalue weighted by Gasteiger charge is -2.49. The number of anilines is 1. The van der Waals surface area contributed by atoms with Crippen molar-refractivity contribution in [2.24, 2.45) is 29.1 Å². The number of ether oxygens (including phenoxy) is 1. The lowest BCUT2D eigenvalue weighted by Crippen LogP contribution is -2.48. The first kappa shape index (κ1) is 26.0. The third-order valence-corrected chi connectivity index (χ3v) is 9.78. The van der Waals surface area contributed by atoms with E-state index < -0.39 is 52.6 Å². The van der Waals surface area contributed by atoms with Crippen molar-refractivity contribution in [2.45, 2.75) is 25.7 Å². The van der Waals surface area contributed by atoms with E-state index >= 15 is 0 Å². The number of carbonyl (C=O) groups excluding carboxylic acids is 4. The quantitative estimate of drug-likeness (QED) is 0.388. The summed E-state index contributed by atoms with van der Waals surface area (Å²) in [7, 11) is 1.41. The van der Waals surface area contributed by atoms with Crippen LogP contribution in [0.15, 0.2) is 46.5 Å². The Balaban J connectivity index is 1.56. The molecule has 2 aliphatic carbocycles. The van der Waals surface area contributed by atoms with Crippen LogP contribution >= 0.6 is 27.5 Å². The fourth-order valence-electron chi connectivity index (χ4n) is 7.09. The molecule has 202 valence electrons. The number of methoxy groups -OCH3 is 1. The summed E-state index contributed by atoms with van der Waals surface area (Å²) >= 11 is 9.37. The minimum absolute atomic E-state index is 0.120. The van der Waals surface area contributed by atoms with Gasteiger partial charge in [-0.3, -0.25) is 24.5 Å². The van der Waals surface area contributed by atoms with Crippen LogP contribution in [0.2, 0.25) is 5.02 Å². The molecule has 2 aromatic rings. The van der Waals surface area contributed by atoms with Crippen molar-refractivity contribution in [3.8, 4) is 11.5 Å². The molecule has 2 saturated heterocycles. The van der Waals surface area contributed by atoms with Gasteiger partial charge in [0.1, 0.15) is 5.82 Å². The predicted molar refractivity (Wildman–Crippen MR) is 142 cm³/mol. The van der Waals surface area contributed by atoms with Crippen molar-refractivity contribution in [2.75, 3.05) is 12.0 Å². The number of fused-ring (bicyclic) bond motifs is 4. The molecule has 1 saturated carbocycles. The number of rotatable bonds is 3. The SMILES string of the molecule is COc1cc(C2C3=CCC4C(=O)NC(=O)C4C3CC3C(=O)N(c4ccc(F)c(Cl)c4)C(=O)C32C)cc(Br)c1O. The van der Waals surface area contributed by atoms with E-state index in [0.29, 0.717) is 16.5 Å². The van der Waals surface area contributed by atoms with Gasteiger partial charge in [-0.25, -0.2) is 9.29 Å². The number of phenolic OH excluding ortho intramolecular Hbond substituents is 1. The highest BCUT2D eigenvalue weighted by molar-refractivity contribution is 9.10. The largest absolute Gasteiger partial charge is 0.503 e. The minimum Gasteiger partial charge on any atom is -0.503 e. The second-order valence-corrected chi connectivity index (χ2v) is 11.9. The van der Waals surface area contributed by atoms with Crippen LogP contribution in [-0.4, -0.2) is 35.8 Å². The molecule has 0 spiro atoms. The van der Waals surface area contributed by atoms with E-state index in [4.69, 9.17) is 16.3 Å². The molecule has 3 fully saturated rings. The second kappa shape index (κ2) is 8.89. The van der Waals surface area contributed by atoms with Crippen molar-refractivity contribution in [3.63, 3.8) is 0 Å². The molecule has 2 aromatic carbocycles. The highest BCUT2D eigenvalue weighted by Gasteiger charge is 2.67. The van der Waals surface area contributed by atoms with Gasteiger partial charge in [0.15, 0.2) is 11.5 Å². The van der Waals surface area contributed by atoms with Crippen LogP contribution in [0.4, 0.5) is 10.1 Å². The number of nitrogens with one attached hydrogen (secondary N) is 1. The zero-order chi connectivity index (χ0) is 28.0. The number of imide groups is 2. The number of hydrogen-bond acceptors (Lipinski definition) is 6. The van der Waals surface area contributed by atoms with E-state index in [9.17, 15) is 28.7 Å². The van der Waals surface area contributed by atoms with Crippen molar-refractivity contribution in [1.29, 1.82) is 0 Å². The summed E-state index contributed by atoms with van der Waals surface area (Å²) in [6, 6.07) is 6.97. The maximum Gasteiger partial charge on any atom is 0.241 e. The lowest BCUT2D eigenvalue weighted by molar-refractivity contribution is -0.131. The van der Waals surface area contributed by atoms with Gasteiger partial charge in [0.25, 0.3) is 0 Å². The Hall–Kier alpha value is -3.24. The molecule has 6 unspecified atom stereocenters. The van der Waals surface area contributed by atoms with Crippen LogP contribution in [0.5, 0.6) is 11.5 Å². The number of benzene rings is 2. The molecule has 6 rings (SSSR count). The number of carbonyl (C=O) groups is 4. The maximum absolute atomic E-state index is 14.3. The average molecular weight is 618 g/mol. The van der Waals surface area contributed by atoms with Gasteiger partial charge in [-0.1, -0.05) is 23.3 Å². The Morgan fingerprint density at radius 2 is 1.90 bits per heavy atom. The number of phenols is 1. The Morgan fingerprint density at radius 3 is 2.59 bits per heavy atom. The molecule has 6 atom stereocenters. The van der Waals surface area contributed by atoms with E-state index in [2.05, 4.69) is 21.2 Å². The van der Waals surface area contributed by atoms with Crippen molar-refractivity contribution in [1.82, 2.24) is 5.32 Å².